The zero-order valence-electron chi connectivity index (χ0n) is 11.5. The maximum atomic E-state index is 13.7. The highest BCUT2D eigenvalue weighted by Crippen LogP contribution is 2.30. The third-order valence-corrected chi connectivity index (χ3v) is 3.32. The van der Waals surface area contributed by atoms with Crippen molar-refractivity contribution in [3.05, 3.63) is 59.2 Å². The second kappa shape index (κ2) is 5.52. The monoisotopic (exact) mass is 288 g/mol. The Bertz CT molecular complexity index is 696. The van der Waals surface area contributed by atoms with Gasteiger partial charge in [0.05, 0.1) is 18.0 Å². The number of nitrogens with one attached hydrogen (secondary N) is 1. The fourth-order valence-electron chi connectivity index (χ4n) is 2.16. The molecule has 3 rings (SSSR count). The van der Waals surface area contributed by atoms with E-state index in [9.17, 15) is 8.78 Å². The summed E-state index contributed by atoms with van der Waals surface area (Å²) < 4.78 is 32.1. The Morgan fingerprint density at radius 3 is 2.62 bits per heavy atom. The molecule has 0 amide bonds. The second-order valence-electron chi connectivity index (χ2n) is 4.87. The van der Waals surface area contributed by atoms with Crippen LogP contribution in [0.1, 0.15) is 17.5 Å². The van der Waals surface area contributed by atoms with Crippen molar-refractivity contribution in [3.8, 4) is 5.75 Å². The third-order valence-electron chi connectivity index (χ3n) is 3.32. The molecule has 2 aromatic carbocycles. The molecule has 21 heavy (non-hydrogen) atoms. The third kappa shape index (κ3) is 2.72. The number of hydrogen-bond donors (Lipinski definition) is 1. The van der Waals surface area contributed by atoms with Crippen molar-refractivity contribution in [3.63, 3.8) is 0 Å². The van der Waals surface area contributed by atoms with E-state index in [-0.39, 0.29) is 12.4 Å². The van der Waals surface area contributed by atoms with E-state index >= 15 is 0 Å². The van der Waals surface area contributed by atoms with E-state index < -0.39 is 11.6 Å². The number of nitrogens with zero attached hydrogens (tertiary/aromatic N) is 1. The number of aryl methyl sites for hydroxylation is 1. The molecule has 1 aliphatic heterocycles. The molecule has 0 aliphatic carbocycles. The molecule has 0 radical (unpaired) electrons. The van der Waals surface area contributed by atoms with Crippen molar-refractivity contribution in [2.45, 2.75) is 13.3 Å². The molecule has 108 valence electrons. The van der Waals surface area contributed by atoms with Crippen LogP contribution in [0.25, 0.3) is 0 Å². The molecule has 1 N–H and O–H groups in total. The maximum Gasteiger partial charge on any atom is 0.201 e. The summed E-state index contributed by atoms with van der Waals surface area (Å²) in [4.78, 5) is 0. The van der Waals surface area contributed by atoms with Crippen LogP contribution in [0.2, 0.25) is 0 Å². The van der Waals surface area contributed by atoms with Crippen molar-refractivity contribution in [1.82, 2.24) is 0 Å². The summed E-state index contributed by atoms with van der Waals surface area (Å²) in [6, 6.07) is 10.3. The number of fused-ring (bicyclic) bond motifs is 1. The molecule has 0 aromatic heterocycles. The number of hydrogen-bond acceptors (Lipinski definition) is 3. The van der Waals surface area contributed by atoms with Gasteiger partial charge >= 0.3 is 0 Å². The maximum absolute atomic E-state index is 13.7. The molecule has 0 saturated carbocycles. The first-order valence-corrected chi connectivity index (χ1v) is 6.65. The molecular weight excluding hydrogens is 274 g/mol. The van der Waals surface area contributed by atoms with Gasteiger partial charge in [0.25, 0.3) is 0 Å². The van der Waals surface area contributed by atoms with Crippen LogP contribution in [0.4, 0.5) is 14.5 Å². The average Bonchev–Trinajstić information content (AvgIpc) is 2.50. The molecule has 0 unspecified atom stereocenters. The molecule has 0 fully saturated rings. The van der Waals surface area contributed by atoms with Gasteiger partial charge in [-0.2, -0.15) is 9.49 Å². The summed E-state index contributed by atoms with van der Waals surface area (Å²) >= 11 is 0. The summed E-state index contributed by atoms with van der Waals surface area (Å²) in [5.41, 5.74) is 6.06. The van der Waals surface area contributed by atoms with Gasteiger partial charge in [-0.25, -0.2) is 4.39 Å². The lowest BCUT2D eigenvalue weighted by Crippen LogP contribution is -2.19. The fraction of sp³-hybridized carbons (Fsp3) is 0.188. The highest BCUT2D eigenvalue weighted by molar-refractivity contribution is 6.04. The van der Waals surface area contributed by atoms with Crippen LogP contribution in [0.15, 0.2) is 41.5 Å². The summed E-state index contributed by atoms with van der Waals surface area (Å²) in [5.74, 6) is -1.94. The Labute approximate surface area is 121 Å². The molecule has 5 heteroatoms. The molecule has 1 aliphatic rings. The number of anilines is 1. The molecule has 0 bridgehead atoms. The van der Waals surface area contributed by atoms with Crippen LogP contribution in [-0.2, 0) is 0 Å². The highest BCUT2D eigenvalue weighted by atomic mass is 19.2. The van der Waals surface area contributed by atoms with Crippen LogP contribution in [0.3, 0.4) is 0 Å². The van der Waals surface area contributed by atoms with Gasteiger partial charge in [-0.3, -0.25) is 5.43 Å². The van der Waals surface area contributed by atoms with Gasteiger partial charge in [0.1, 0.15) is 0 Å². The molecule has 2 aromatic rings. The quantitative estimate of drug-likeness (QED) is 0.851. The smallest absolute Gasteiger partial charge is 0.201 e. The standard InChI is InChI=1S/C16H14F2N2O/c1-10-2-4-11(5-3-10)19-20-14-8-9-21-16-12(14)6-7-13(17)15(16)18/h2-7,19H,8-9H2,1H3. The van der Waals surface area contributed by atoms with E-state index in [1.54, 1.807) is 0 Å². The minimum atomic E-state index is -0.963. The molecule has 1 heterocycles. The minimum Gasteiger partial charge on any atom is -0.489 e. The average molecular weight is 288 g/mol. The summed E-state index contributed by atoms with van der Waals surface area (Å²) in [5, 5.41) is 4.29. The predicted octanol–water partition coefficient (Wildman–Crippen LogP) is 3.87. The van der Waals surface area contributed by atoms with Gasteiger partial charge in [-0.15, -0.1) is 0 Å². The Hall–Kier alpha value is -2.43. The highest BCUT2D eigenvalue weighted by Gasteiger charge is 2.22. The van der Waals surface area contributed by atoms with E-state index in [1.165, 1.54) is 6.07 Å². The summed E-state index contributed by atoms with van der Waals surface area (Å²) in [6.07, 6.45) is 0.539. The number of halogens is 2. The lowest BCUT2D eigenvalue weighted by Gasteiger charge is -2.19. The molecular formula is C16H14F2N2O. The van der Waals surface area contributed by atoms with Gasteiger partial charge in [0.15, 0.2) is 11.6 Å². The van der Waals surface area contributed by atoms with E-state index in [0.717, 1.165) is 17.3 Å². The van der Waals surface area contributed by atoms with E-state index in [0.29, 0.717) is 17.7 Å². The first-order valence-electron chi connectivity index (χ1n) is 6.65. The Balaban J connectivity index is 1.89. The Morgan fingerprint density at radius 1 is 1.10 bits per heavy atom. The molecule has 0 spiro atoms. The van der Waals surface area contributed by atoms with Gasteiger partial charge in [0, 0.05) is 12.0 Å². The lowest BCUT2D eigenvalue weighted by atomic mass is 10.0. The largest absolute Gasteiger partial charge is 0.489 e. The van der Waals surface area contributed by atoms with E-state index in [4.69, 9.17) is 4.74 Å². The zero-order chi connectivity index (χ0) is 14.8. The normalized spacial score (nSPS) is 15.5. The molecule has 0 atom stereocenters. The number of ether oxygens (including phenoxy) is 1. The predicted molar refractivity (Wildman–Crippen MR) is 77.8 cm³/mol. The number of hydrazone groups is 1. The summed E-state index contributed by atoms with van der Waals surface area (Å²) in [6.45, 7) is 2.28. The van der Waals surface area contributed by atoms with E-state index in [1.807, 2.05) is 31.2 Å². The van der Waals surface area contributed by atoms with Gasteiger partial charge in [0.2, 0.25) is 5.82 Å². The van der Waals surface area contributed by atoms with Crippen molar-refractivity contribution >= 4 is 11.4 Å². The van der Waals surface area contributed by atoms with Crippen LogP contribution >= 0.6 is 0 Å². The van der Waals surface area contributed by atoms with E-state index in [2.05, 4.69) is 10.5 Å². The zero-order valence-corrected chi connectivity index (χ0v) is 11.5. The molecule has 3 nitrogen and oxygen atoms in total. The Morgan fingerprint density at radius 2 is 1.86 bits per heavy atom. The number of rotatable bonds is 2. The first-order chi connectivity index (χ1) is 10.1. The van der Waals surface area contributed by atoms with Crippen molar-refractivity contribution in [2.75, 3.05) is 12.0 Å². The van der Waals surface area contributed by atoms with Crippen LogP contribution in [0, 0.1) is 18.6 Å². The van der Waals surface area contributed by atoms with Crippen molar-refractivity contribution in [2.24, 2.45) is 5.10 Å². The van der Waals surface area contributed by atoms with Gasteiger partial charge in [-0.05, 0) is 31.2 Å². The Kier molecular flexibility index (Phi) is 3.56. The second-order valence-corrected chi connectivity index (χ2v) is 4.87. The number of benzene rings is 2. The van der Waals surface area contributed by atoms with Gasteiger partial charge in [-0.1, -0.05) is 17.7 Å². The first kappa shape index (κ1) is 13.5. The SMILES string of the molecule is Cc1ccc(NN=C2CCOc3c2ccc(F)c3F)cc1. The van der Waals surface area contributed by atoms with Gasteiger partial charge < -0.3 is 4.74 Å². The minimum absolute atomic E-state index is 0.0642. The van der Waals surface area contributed by atoms with Crippen LogP contribution in [-0.4, -0.2) is 12.3 Å². The van der Waals surface area contributed by atoms with Crippen molar-refractivity contribution < 1.29 is 13.5 Å². The fourth-order valence-corrected chi connectivity index (χ4v) is 2.16. The summed E-state index contributed by atoms with van der Waals surface area (Å²) in [7, 11) is 0. The van der Waals surface area contributed by atoms with Crippen LogP contribution < -0.4 is 10.2 Å². The lowest BCUT2D eigenvalue weighted by molar-refractivity contribution is 0.296. The topological polar surface area (TPSA) is 33.6 Å². The molecule has 0 saturated heterocycles. The van der Waals surface area contributed by atoms with Crippen LogP contribution in [0.5, 0.6) is 5.75 Å². The van der Waals surface area contributed by atoms with Crippen molar-refractivity contribution in [1.29, 1.82) is 0 Å².